The Kier molecular flexibility index (Phi) is 7.21. The highest BCUT2D eigenvalue weighted by Crippen LogP contribution is 2.15. The Hall–Kier alpha value is -2.61. The van der Waals surface area contributed by atoms with Gasteiger partial charge in [0.2, 0.25) is 0 Å². The van der Waals surface area contributed by atoms with Crippen molar-refractivity contribution in [3.05, 3.63) is 77.4 Å². The second-order valence-electron chi connectivity index (χ2n) is 5.93. The van der Waals surface area contributed by atoms with Crippen LogP contribution < -0.4 is 4.90 Å². The first-order valence-corrected chi connectivity index (χ1v) is 9.00. The topological polar surface area (TPSA) is 20.3 Å². The Labute approximate surface area is 151 Å². The van der Waals surface area contributed by atoms with Crippen molar-refractivity contribution in [3.8, 4) is 0 Å². The molecule has 0 aliphatic heterocycles. The van der Waals surface area contributed by atoms with E-state index in [9.17, 15) is 4.79 Å². The van der Waals surface area contributed by atoms with Crippen LogP contribution in [-0.4, -0.2) is 18.9 Å². The van der Waals surface area contributed by atoms with Gasteiger partial charge in [0.1, 0.15) is 0 Å². The fourth-order valence-electron chi connectivity index (χ4n) is 2.71. The van der Waals surface area contributed by atoms with Crippen LogP contribution in [0.4, 0.5) is 5.69 Å². The molecule has 2 rings (SSSR count). The van der Waals surface area contributed by atoms with Crippen LogP contribution in [0.5, 0.6) is 0 Å². The van der Waals surface area contributed by atoms with Gasteiger partial charge in [-0.1, -0.05) is 55.5 Å². The SMILES string of the molecule is CCc1cccc(/C=C/C(=O)/C=C/c2ccc(N(CC)CC)cc2)c1. The maximum absolute atomic E-state index is 12.0. The van der Waals surface area contributed by atoms with Crippen LogP contribution in [0.2, 0.25) is 0 Å². The molecule has 2 heteroatoms. The van der Waals surface area contributed by atoms with Crippen LogP contribution in [0.15, 0.2) is 60.7 Å². The van der Waals surface area contributed by atoms with Crippen LogP contribution in [0, 0.1) is 0 Å². The zero-order chi connectivity index (χ0) is 18.1. The number of rotatable bonds is 8. The summed E-state index contributed by atoms with van der Waals surface area (Å²) in [6, 6.07) is 16.5. The molecule has 0 radical (unpaired) electrons. The van der Waals surface area contributed by atoms with Gasteiger partial charge in [-0.25, -0.2) is 0 Å². The number of nitrogens with zero attached hydrogens (tertiary/aromatic N) is 1. The summed E-state index contributed by atoms with van der Waals surface area (Å²) in [4.78, 5) is 14.3. The zero-order valence-corrected chi connectivity index (χ0v) is 15.4. The van der Waals surface area contributed by atoms with Crippen molar-refractivity contribution in [2.24, 2.45) is 0 Å². The fraction of sp³-hybridized carbons (Fsp3) is 0.261. The van der Waals surface area contributed by atoms with E-state index in [1.54, 1.807) is 12.2 Å². The van der Waals surface area contributed by atoms with Gasteiger partial charge in [0.15, 0.2) is 5.78 Å². The number of hydrogen-bond donors (Lipinski definition) is 0. The number of carbonyl (C=O) groups excluding carboxylic acids is 1. The summed E-state index contributed by atoms with van der Waals surface area (Å²) in [6.45, 7) is 8.42. The summed E-state index contributed by atoms with van der Waals surface area (Å²) in [5.41, 5.74) is 4.58. The molecule has 0 heterocycles. The number of aryl methyl sites for hydroxylation is 1. The predicted octanol–water partition coefficient (Wildman–Crippen LogP) is 5.39. The molecule has 130 valence electrons. The molecule has 0 aliphatic rings. The molecule has 0 saturated heterocycles. The summed E-state index contributed by atoms with van der Waals surface area (Å²) in [5, 5.41) is 0. The van der Waals surface area contributed by atoms with Crippen molar-refractivity contribution in [1.82, 2.24) is 0 Å². The highest BCUT2D eigenvalue weighted by molar-refractivity contribution is 6.04. The summed E-state index contributed by atoms with van der Waals surface area (Å²) in [5.74, 6) is -0.00489. The van der Waals surface area contributed by atoms with Crippen LogP contribution in [0.1, 0.15) is 37.5 Å². The molecule has 0 bridgehead atoms. The first-order chi connectivity index (χ1) is 12.2. The molecule has 0 atom stereocenters. The number of hydrogen-bond acceptors (Lipinski definition) is 2. The lowest BCUT2D eigenvalue weighted by atomic mass is 10.1. The van der Waals surface area contributed by atoms with Crippen LogP contribution >= 0.6 is 0 Å². The average Bonchev–Trinajstić information content (AvgIpc) is 2.67. The minimum absolute atomic E-state index is 0.00489. The minimum Gasteiger partial charge on any atom is -0.372 e. The van der Waals surface area contributed by atoms with Gasteiger partial charge in [0.05, 0.1) is 0 Å². The summed E-state index contributed by atoms with van der Waals surface area (Å²) < 4.78 is 0. The van der Waals surface area contributed by atoms with Crippen LogP contribution in [-0.2, 0) is 11.2 Å². The second kappa shape index (κ2) is 9.63. The van der Waals surface area contributed by atoms with Gasteiger partial charge in [-0.05, 0) is 61.2 Å². The summed E-state index contributed by atoms with van der Waals surface area (Å²) in [7, 11) is 0. The largest absolute Gasteiger partial charge is 0.372 e. The zero-order valence-electron chi connectivity index (χ0n) is 15.4. The molecule has 0 spiro atoms. The molecule has 0 amide bonds. The molecule has 0 saturated carbocycles. The lowest BCUT2D eigenvalue weighted by Crippen LogP contribution is -2.21. The molecule has 0 aliphatic carbocycles. The van der Waals surface area contributed by atoms with Gasteiger partial charge < -0.3 is 4.90 Å². The van der Waals surface area contributed by atoms with E-state index >= 15 is 0 Å². The monoisotopic (exact) mass is 333 g/mol. The van der Waals surface area contributed by atoms with Crippen molar-refractivity contribution in [3.63, 3.8) is 0 Å². The van der Waals surface area contributed by atoms with Crippen molar-refractivity contribution < 1.29 is 4.79 Å². The van der Waals surface area contributed by atoms with Crippen LogP contribution in [0.25, 0.3) is 12.2 Å². The molecule has 0 unspecified atom stereocenters. The highest BCUT2D eigenvalue weighted by Gasteiger charge is 2.00. The fourth-order valence-corrected chi connectivity index (χ4v) is 2.71. The van der Waals surface area contributed by atoms with E-state index in [-0.39, 0.29) is 5.78 Å². The summed E-state index contributed by atoms with van der Waals surface area (Å²) >= 11 is 0. The first kappa shape index (κ1) is 18.7. The van der Waals surface area contributed by atoms with Crippen molar-refractivity contribution >= 4 is 23.6 Å². The van der Waals surface area contributed by atoms with Crippen LogP contribution in [0.3, 0.4) is 0 Å². The van der Waals surface area contributed by atoms with E-state index in [0.717, 1.165) is 30.6 Å². The maximum atomic E-state index is 12.0. The molecule has 0 aromatic heterocycles. The summed E-state index contributed by atoms with van der Waals surface area (Å²) in [6.07, 6.45) is 7.97. The standard InChI is InChI=1S/C23H27NO/c1-4-19-8-7-9-21(18-19)13-17-23(25)16-12-20-10-14-22(15-11-20)24(5-2)6-3/h7-18H,4-6H2,1-3H3/b16-12+,17-13+. The minimum atomic E-state index is -0.00489. The number of benzene rings is 2. The van der Waals surface area contributed by atoms with Gasteiger partial charge in [-0.2, -0.15) is 0 Å². The maximum Gasteiger partial charge on any atom is 0.178 e. The Morgan fingerprint density at radius 2 is 1.52 bits per heavy atom. The molecule has 2 nitrogen and oxygen atoms in total. The first-order valence-electron chi connectivity index (χ1n) is 9.00. The smallest absolute Gasteiger partial charge is 0.178 e. The highest BCUT2D eigenvalue weighted by atomic mass is 16.1. The van der Waals surface area contributed by atoms with E-state index in [1.165, 1.54) is 11.3 Å². The third-order valence-electron chi connectivity index (χ3n) is 4.26. The Morgan fingerprint density at radius 3 is 2.12 bits per heavy atom. The van der Waals surface area contributed by atoms with Crippen molar-refractivity contribution in [2.75, 3.05) is 18.0 Å². The van der Waals surface area contributed by atoms with Gasteiger partial charge in [-0.3, -0.25) is 4.79 Å². The normalized spacial score (nSPS) is 11.3. The third kappa shape index (κ3) is 5.75. The Morgan fingerprint density at radius 1 is 0.880 bits per heavy atom. The van der Waals surface area contributed by atoms with Gasteiger partial charge in [0.25, 0.3) is 0 Å². The third-order valence-corrected chi connectivity index (χ3v) is 4.26. The molecular formula is C23H27NO. The molecule has 0 N–H and O–H groups in total. The van der Waals surface area contributed by atoms with Crippen molar-refractivity contribution in [1.29, 1.82) is 0 Å². The van der Waals surface area contributed by atoms with E-state index in [1.807, 2.05) is 36.4 Å². The number of carbonyl (C=O) groups is 1. The quantitative estimate of drug-likeness (QED) is 0.604. The number of anilines is 1. The van der Waals surface area contributed by atoms with Crippen molar-refractivity contribution in [2.45, 2.75) is 27.2 Å². The van der Waals surface area contributed by atoms with E-state index in [4.69, 9.17) is 0 Å². The average molecular weight is 333 g/mol. The predicted molar refractivity (Wildman–Crippen MR) is 109 cm³/mol. The van der Waals surface area contributed by atoms with E-state index in [0.29, 0.717) is 0 Å². The second-order valence-corrected chi connectivity index (χ2v) is 5.93. The Balaban J connectivity index is 1.98. The molecule has 2 aromatic carbocycles. The number of ketones is 1. The molecule has 0 fully saturated rings. The molecular weight excluding hydrogens is 306 g/mol. The lowest BCUT2D eigenvalue weighted by Gasteiger charge is -2.20. The molecule has 2 aromatic rings. The van der Waals surface area contributed by atoms with E-state index in [2.05, 4.69) is 49.9 Å². The van der Waals surface area contributed by atoms with Gasteiger partial charge in [-0.15, -0.1) is 0 Å². The lowest BCUT2D eigenvalue weighted by molar-refractivity contribution is -0.110. The number of allylic oxidation sites excluding steroid dienone is 2. The van der Waals surface area contributed by atoms with E-state index < -0.39 is 0 Å². The van der Waals surface area contributed by atoms with Gasteiger partial charge >= 0.3 is 0 Å². The van der Waals surface area contributed by atoms with Gasteiger partial charge in [0, 0.05) is 18.8 Å². The Bertz CT molecular complexity index is 737. The molecule has 25 heavy (non-hydrogen) atoms.